The van der Waals surface area contributed by atoms with E-state index < -0.39 is 0 Å². The second kappa shape index (κ2) is 9.13. The van der Waals surface area contributed by atoms with Gasteiger partial charge in [-0.05, 0) is 66.6 Å². The molecule has 4 aromatic rings. The van der Waals surface area contributed by atoms with E-state index in [-0.39, 0.29) is 5.91 Å². The van der Waals surface area contributed by atoms with Crippen LogP contribution in [0.4, 0.5) is 17.3 Å². The van der Waals surface area contributed by atoms with Crippen LogP contribution in [0.1, 0.15) is 21.6 Å². The zero-order chi connectivity index (χ0) is 20.6. The smallest absolute Gasteiger partial charge is 0.255 e. The molecule has 6 nitrogen and oxygen atoms in total. The van der Waals surface area contributed by atoms with Gasteiger partial charge in [-0.25, -0.2) is 15.0 Å². The van der Waals surface area contributed by atoms with Crippen molar-refractivity contribution in [1.82, 2.24) is 15.0 Å². The largest absolute Gasteiger partial charge is 0.324 e. The van der Waals surface area contributed by atoms with Crippen LogP contribution < -0.4 is 10.6 Å². The summed E-state index contributed by atoms with van der Waals surface area (Å²) < 4.78 is 0. The minimum Gasteiger partial charge on any atom is -0.324 e. The molecule has 6 heteroatoms. The van der Waals surface area contributed by atoms with Gasteiger partial charge in [0.1, 0.15) is 5.69 Å². The number of benzene rings is 2. The van der Waals surface area contributed by atoms with Crippen LogP contribution >= 0.6 is 0 Å². The average molecular weight is 391 g/mol. The van der Waals surface area contributed by atoms with E-state index in [1.54, 1.807) is 48.9 Å². The van der Waals surface area contributed by atoms with Crippen molar-refractivity contribution in [2.24, 2.45) is 0 Å². The minimum atomic E-state index is -0.202. The molecular weight excluding hydrogens is 374 g/mol. The molecule has 2 aromatic heterocycles. The quantitative estimate of drug-likeness (QED) is 0.508. The van der Waals surface area contributed by atoms with Gasteiger partial charge in [-0.3, -0.25) is 4.79 Å². The lowest BCUT2D eigenvalue weighted by Gasteiger charge is -2.07. The third-order valence-corrected chi connectivity index (χ3v) is 4.09. The van der Waals surface area contributed by atoms with Crippen molar-refractivity contribution in [2.75, 3.05) is 10.6 Å². The van der Waals surface area contributed by atoms with Gasteiger partial charge >= 0.3 is 0 Å². The van der Waals surface area contributed by atoms with Crippen LogP contribution in [0.2, 0.25) is 0 Å². The Hall–Kier alpha value is -4.50. The van der Waals surface area contributed by atoms with Crippen molar-refractivity contribution in [2.45, 2.75) is 0 Å². The molecule has 144 valence electrons. The highest BCUT2D eigenvalue weighted by molar-refractivity contribution is 6.04. The van der Waals surface area contributed by atoms with E-state index in [1.807, 2.05) is 42.5 Å². The Balaban J connectivity index is 1.42. The van der Waals surface area contributed by atoms with Crippen LogP contribution in [0.15, 0.2) is 91.4 Å². The number of nitrogens with one attached hydrogen (secondary N) is 2. The summed E-state index contributed by atoms with van der Waals surface area (Å²) in [6, 6.07) is 21.8. The molecule has 0 radical (unpaired) electrons. The number of aromatic nitrogens is 3. The highest BCUT2D eigenvalue weighted by Crippen LogP contribution is 2.16. The number of hydrogen-bond acceptors (Lipinski definition) is 5. The predicted molar refractivity (Wildman–Crippen MR) is 116 cm³/mol. The summed E-state index contributed by atoms with van der Waals surface area (Å²) in [5.74, 6) is 6.37. The highest BCUT2D eigenvalue weighted by atomic mass is 16.1. The Morgan fingerprint density at radius 2 is 1.53 bits per heavy atom. The van der Waals surface area contributed by atoms with Gasteiger partial charge in [0.15, 0.2) is 0 Å². The summed E-state index contributed by atoms with van der Waals surface area (Å²) in [6.45, 7) is 0. The lowest BCUT2D eigenvalue weighted by atomic mass is 10.1. The lowest BCUT2D eigenvalue weighted by Crippen LogP contribution is -2.11. The summed E-state index contributed by atoms with van der Waals surface area (Å²) in [5, 5.41) is 5.98. The van der Waals surface area contributed by atoms with Gasteiger partial charge in [0, 0.05) is 41.1 Å². The van der Waals surface area contributed by atoms with Crippen LogP contribution in [0.25, 0.3) is 0 Å². The maximum absolute atomic E-state index is 12.6. The van der Waals surface area contributed by atoms with E-state index in [2.05, 4.69) is 37.4 Å². The van der Waals surface area contributed by atoms with E-state index >= 15 is 0 Å². The third kappa shape index (κ3) is 5.06. The number of amides is 1. The summed E-state index contributed by atoms with van der Waals surface area (Å²) in [6.07, 6.45) is 5.02. The van der Waals surface area contributed by atoms with Gasteiger partial charge in [-0.2, -0.15) is 0 Å². The first kappa shape index (κ1) is 18.8. The first-order chi connectivity index (χ1) is 14.8. The monoisotopic (exact) mass is 391 g/mol. The fourth-order valence-electron chi connectivity index (χ4n) is 2.65. The van der Waals surface area contributed by atoms with E-state index in [0.717, 1.165) is 11.3 Å². The van der Waals surface area contributed by atoms with Crippen LogP contribution in [0, 0.1) is 11.8 Å². The normalized spacial score (nSPS) is 9.87. The Kier molecular flexibility index (Phi) is 5.73. The fourth-order valence-corrected chi connectivity index (χ4v) is 2.65. The number of nitrogens with zero attached hydrogens (tertiary/aromatic N) is 3. The maximum atomic E-state index is 12.6. The molecule has 0 unspecified atom stereocenters. The summed E-state index contributed by atoms with van der Waals surface area (Å²) in [5.41, 5.74) is 3.50. The van der Waals surface area contributed by atoms with E-state index in [0.29, 0.717) is 22.9 Å². The zero-order valence-electron chi connectivity index (χ0n) is 15.9. The van der Waals surface area contributed by atoms with E-state index in [9.17, 15) is 4.79 Å². The number of carbonyl (C=O) groups excluding carboxylic acids is 1. The molecule has 4 rings (SSSR count). The fraction of sp³-hybridized carbons (Fsp3) is 0. The number of hydrogen-bond donors (Lipinski definition) is 2. The second-order valence-corrected chi connectivity index (χ2v) is 6.27. The summed E-state index contributed by atoms with van der Waals surface area (Å²) >= 11 is 0. The standard InChI is InChI=1S/C24H17N5O/c30-23(19-9-12-21(13-10-19)29-24-26-15-4-16-27-24)28-22-7-3-5-18(17-22)8-11-20-6-1-2-14-25-20/h1-7,9-10,12-17H,(H,28,30)(H,26,27,29). The van der Waals surface area contributed by atoms with Crippen LogP contribution in [-0.2, 0) is 0 Å². The molecule has 0 aliphatic heterocycles. The van der Waals surface area contributed by atoms with Crippen LogP contribution in [0.3, 0.4) is 0 Å². The number of carbonyl (C=O) groups is 1. The number of rotatable bonds is 4. The molecule has 30 heavy (non-hydrogen) atoms. The molecule has 0 saturated heterocycles. The highest BCUT2D eigenvalue weighted by Gasteiger charge is 2.07. The molecular formula is C24H17N5O. The topological polar surface area (TPSA) is 79.8 Å². The van der Waals surface area contributed by atoms with E-state index in [1.165, 1.54) is 0 Å². The van der Waals surface area contributed by atoms with Gasteiger partial charge in [-0.1, -0.05) is 18.1 Å². The Morgan fingerprint density at radius 3 is 2.30 bits per heavy atom. The first-order valence-corrected chi connectivity index (χ1v) is 9.25. The molecule has 1 amide bonds. The van der Waals surface area contributed by atoms with Gasteiger partial charge in [0.25, 0.3) is 5.91 Å². The van der Waals surface area contributed by atoms with Crippen LogP contribution in [0.5, 0.6) is 0 Å². The second-order valence-electron chi connectivity index (χ2n) is 6.27. The molecule has 0 aliphatic rings. The average Bonchev–Trinajstić information content (AvgIpc) is 2.80. The number of pyridine rings is 1. The van der Waals surface area contributed by atoms with Crippen molar-refractivity contribution in [3.8, 4) is 11.8 Å². The molecule has 0 aliphatic carbocycles. The minimum absolute atomic E-state index is 0.202. The Morgan fingerprint density at radius 1 is 0.733 bits per heavy atom. The summed E-state index contributed by atoms with van der Waals surface area (Å²) in [4.78, 5) is 25.0. The SMILES string of the molecule is O=C(Nc1cccc(C#Cc2ccccn2)c1)c1ccc(Nc2ncccn2)cc1. The molecule has 0 atom stereocenters. The van der Waals surface area contributed by atoms with Crippen molar-refractivity contribution >= 4 is 23.2 Å². The number of anilines is 3. The zero-order valence-corrected chi connectivity index (χ0v) is 15.9. The van der Waals surface area contributed by atoms with E-state index in [4.69, 9.17) is 0 Å². The molecule has 0 spiro atoms. The van der Waals surface area contributed by atoms with Crippen LogP contribution in [-0.4, -0.2) is 20.9 Å². The Bertz CT molecular complexity index is 1200. The molecule has 0 bridgehead atoms. The molecule has 2 aromatic carbocycles. The van der Waals surface area contributed by atoms with Crippen molar-refractivity contribution < 1.29 is 4.79 Å². The summed E-state index contributed by atoms with van der Waals surface area (Å²) in [7, 11) is 0. The third-order valence-electron chi connectivity index (χ3n) is 4.09. The molecule has 0 fully saturated rings. The van der Waals surface area contributed by atoms with Crippen molar-refractivity contribution in [3.05, 3.63) is 108 Å². The lowest BCUT2D eigenvalue weighted by molar-refractivity contribution is 0.102. The molecule has 0 saturated carbocycles. The van der Waals surface area contributed by atoms with Gasteiger partial charge in [-0.15, -0.1) is 0 Å². The Labute approximate surface area is 174 Å². The molecule has 2 N–H and O–H groups in total. The van der Waals surface area contributed by atoms with Gasteiger partial charge in [0.05, 0.1) is 0 Å². The van der Waals surface area contributed by atoms with Crippen molar-refractivity contribution in [1.29, 1.82) is 0 Å². The first-order valence-electron chi connectivity index (χ1n) is 9.25. The maximum Gasteiger partial charge on any atom is 0.255 e. The van der Waals surface area contributed by atoms with Gasteiger partial charge < -0.3 is 10.6 Å². The van der Waals surface area contributed by atoms with Gasteiger partial charge in [0.2, 0.25) is 5.95 Å². The predicted octanol–water partition coefficient (Wildman–Crippen LogP) is 4.27. The molecule has 2 heterocycles. The van der Waals surface area contributed by atoms with Crippen molar-refractivity contribution in [3.63, 3.8) is 0 Å².